The van der Waals surface area contributed by atoms with Crippen LogP contribution in [-0.4, -0.2) is 27.0 Å². The fourth-order valence-corrected chi connectivity index (χ4v) is 4.44. The molecule has 0 aliphatic carbocycles. The summed E-state index contributed by atoms with van der Waals surface area (Å²) in [5.41, 5.74) is -2.47. The Morgan fingerprint density at radius 1 is 0.963 bits per heavy atom. The molecule has 9 heteroatoms. The number of anilines is 1. The van der Waals surface area contributed by atoms with Crippen molar-refractivity contribution >= 4 is 27.5 Å². The number of rotatable bonds is 6. The normalized spacial score (nSPS) is 15.3. The standard InChI is InChI=1S/C18H19F3N2O2S2/c19-18(20,21)26-16-7-9-17(10-8-16)27(24,25)22-13-14-3-5-15(6-4-14)23-11-1-2-12-23/h3-10,22H,1-2,11-13H2. The number of nitrogens with zero attached hydrogens (tertiary/aromatic N) is 1. The lowest BCUT2D eigenvalue weighted by Crippen LogP contribution is -2.23. The maximum absolute atomic E-state index is 12.3. The number of alkyl halides is 3. The summed E-state index contributed by atoms with van der Waals surface area (Å²) in [5.74, 6) is 0. The topological polar surface area (TPSA) is 49.4 Å². The van der Waals surface area contributed by atoms with Gasteiger partial charge in [-0.3, -0.25) is 0 Å². The second-order valence-corrected chi connectivity index (χ2v) is 9.11. The monoisotopic (exact) mass is 416 g/mol. The van der Waals surface area contributed by atoms with Gasteiger partial charge in [0.05, 0.1) is 4.90 Å². The van der Waals surface area contributed by atoms with Crippen LogP contribution in [0.15, 0.2) is 58.3 Å². The van der Waals surface area contributed by atoms with Gasteiger partial charge < -0.3 is 4.90 Å². The second-order valence-electron chi connectivity index (χ2n) is 6.20. The van der Waals surface area contributed by atoms with E-state index in [9.17, 15) is 21.6 Å². The van der Waals surface area contributed by atoms with Crippen LogP contribution >= 0.6 is 11.8 Å². The maximum atomic E-state index is 12.3. The third-order valence-corrected chi connectivity index (χ3v) is 6.40. The van der Waals surface area contributed by atoms with E-state index in [4.69, 9.17) is 0 Å². The third kappa shape index (κ3) is 5.63. The van der Waals surface area contributed by atoms with Gasteiger partial charge in [-0.25, -0.2) is 13.1 Å². The largest absolute Gasteiger partial charge is 0.446 e. The van der Waals surface area contributed by atoms with E-state index in [0.717, 1.165) is 36.5 Å². The van der Waals surface area contributed by atoms with Crippen LogP contribution in [0.5, 0.6) is 0 Å². The average Bonchev–Trinajstić information content (AvgIpc) is 3.14. The van der Waals surface area contributed by atoms with Crippen molar-refractivity contribution < 1.29 is 21.6 Å². The zero-order chi connectivity index (χ0) is 19.5. The van der Waals surface area contributed by atoms with Gasteiger partial charge in [0.1, 0.15) is 0 Å². The van der Waals surface area contributed by atoms with Crippen molar-refractivity contribution in [2.24, 2.45) is 0 Å². The summed E-state index contributed by atoms with van der Waals surface area (Å²) >= 11 is -0.277. The Labute approximate surface area is 160 Å². The van der Waals surface area contributed by atoms with Gasteiger partial charge in [-0.15, -0.1) is 0 Å². The molecule has 2 aromatic rings. The fourth-order valence-electron chi connectivity index (χ4n) is 2.88. The molecule has 0 unspecified atom stereocenters. The molecule has 0 amide bonds. The number of thioether (sulfide) groups is 1. The zero-order valence-corrected chi connectivity index (χ0v) is 16.0. The summed E-state index contributed by atoms with van der Waals surface area (Å²) in [6, 6.07) is 12.3. The van der Waals surface area contributed by atoms with Crippen LogP contribution in [-0.2, 0) is 16.6 Å². The van der Waals surface area contributed by atoms with Gasteiger partial charge in [0, 0.05) is 30.2 Å². The number of sulfonamides is 1. The highest BCUT2D eigenvalue weighted by molar-refractivity contribution is 8.00. The van der Waals surface area contributed by atoms with E-state index in [1.165, 1.54) is 25.0 Å². The molecule has 27 heavy (non-hydrogen) atoms. The van der Waals surface area contributed by atoms with E-state index in [1.807, 2.05) is 24.3 Å². The SMILES string of the molecule is O=S(=O)(NCc1ccc(N2CCCC2)cc1)c1ccc(SC(F)(F)F)cc1. The van der Waals surface area contributed by atoms with Gasteiger partial charge in [0.2, 0.25) is 10.0 Å². The lowest BCUT2D eigenvalue weighted by molar-refractivity contribution is -0.0328. The van der Waals surface area contributed by atoms with Gasteiger partial charge >= 0.3 is 5.51 Å². The third-order valence-electron chi connectivity index (χ3n) is 4.24. The highest BCUT2D eigenvalue weighted by atomic mass is 32.2. The van der Waals surface area contributed by atoms with Gasteiger partial charge in [-0.1, -0.05) is 12.1 Å². The van der Waals surface area contributed by atoms with Crippen molar-refractivity contribution in [3.8, 4) is 0 Å². The molecule has 0 saturated carbocycles. The molecule has 0 atom stereocenters. The molecule has 1 aliphatic rings. The van der Waals surface area contributed by atoms with Gasteiger partial charge in [0.15, 0.2) is 0 Å². The quantitative estimate of drug-likeness (QED) is 0.710. The van der Waals surface area contributed by atoms with E-state index in [2.05, 4.69) is 9.62 Å². The summed E-state index contributed by atoms with van der Waals surface area (Å²) in [5, 5.41) is 0. The van der Waals surface area contributed by atoms with Gasteiger partial charge in [-0.05, 0) is 66.6 Å². The molecule has 2 aromatic carbocycles. The molecule has 0 aromatic heterocycles. The van der Waals surface area contributed by atoms with Crippen molar-refractivity contribution in [1.82, 2.24) is 4.72 Å². The van der Waals surface area contributed by atoms with Crippen LogP contribution < -0.4 is 9.62 Å². The number of halogens is 3. The molecule has 3 rings (SSSR count). The lowest BCUT2D eigenvalue weighted by atomic mass is 10.2. The Morgan fingerprint density at radius 2 is 1.56 bits per heavy atom. The number of benzene rings is 2. The smallest absolute Gasteiger partial charge is 0.372 e. The predicted octanol–water partition coefficient (Wildman–Crippen LogP) is 4.38. The first-order chi connectivity index (χ1) is 12.7. The van der Waals surface area contributed by atoms with Crippen molar-refractivity contribution in [2.45, 2.75) is 34.7 Å². The van der Waals surface area contributed by atoms with Crippen LogP contribution in [0.1, 0.15) is 18.4 Å². The van der Waals surface area contributed by atoms with Crippen molar-refractivity contribution in [1.29, 1.82) is 0 Å². The van der Waals surface area contributed by atoms with Crippen molar-refractivity contribution in [3.05, 3.63) is 54.1 Å². The van der Waals surface area contributed by atoms with E-state index in [1.54, 1.807) is 0 Å². The molecule has 0 radical (unpaired) electrons. The summed E-state index contributed by atoms with van der Waals surface area (Å²) in [4.78, 5) is 2.16. The summed E-state index contributed by atoms with van der Waals surface area (Å²) in [6.07, 6.45) is 2.36. The summed E-state index contributed by atoms with van der Waals surface area (Å²) in [6.45, 7) is 2.19. The molecule has 4 nitrogen and oxygen atoms in total. The van der Waals surface area contributed by atoms with E-state index in [0.29, 0.717) is 0 Å². The molecule has 1 N–H and O–H groups in total. The Balaban J connectivity index is 1.61. The van der Waals surface area contributed by atoms with E-state index in [-0.39, 0.29) is 28.1 Å². The molecule has 1 fully saturated rings. The van der Waals surface area contributed by atoms with E-state index < -0.39 is 15.5 Å². The van der Waals surface area contributed by atoms with Crippen LogP contribution in [0, 0.1) is 0 Å². The van der Waals surface area contributed by atoms with Crippen LogP contribution in [0.4, 0.5) is 18.9 Å². The lowest BCUT2D eigenvalue weighted by Gasteiger charge is -2.17. The number of hydrogen-bond donors (Lipinski definition) is 1. The Kier molecular flexibility index (Phi) is 6.02. The molecular weight excluding hydrogens is 397 g/mol. The molecule has 146 valence electrons. The molecule has 1 saturated heterocycles. The summed E-state index contributed by atoms with van der Waals surface area (Å²) in [7, 11) is -3.80. The molecular formula is C18H19F3N2O2S2. The first kappa shape index (κ1) is 20.0. The average molecular weight is 416 g/mol. The van der Waals surface area contributed by atoms with Gasteiger partial charge in [0.25, 0.3) is 0 Å². The fraction of sp³-hybridized carbons (Fsp3) is 0.333. The maximum Gasteiger partial charge on any atom is 0.446 e. The zero-order valence-electron chi connectivity index (χ0n) is 14.4. The highest BCUT2D eigenvalue weighted by Gasteiger charge is 2.29. The molecule has 1 aliphatic heterocycles. The first-order valence-corrected chi connectivity index (χ1v) is 10.7. The highest BCUT2D eigenvalue weighted by Crippen LogP contribution is 2.36. The second kappa shape index (κ2) is 8.12. The number of nitrogens with one attached hydrogen (secondary N) is 1. The molecule has 0 bridgehead atoms. The van der Waals surface area contributed by atoms with Crippen molar-refractivity contribution in [2.75, 3.05) is 18.0 Å². The van der Waals surface area contributed by atoms with E-state index >= 15 is 0 Å². The minimum Gasteiger partial charge on any atom is -0.372 e. The van der Waals surface area contributed by atoms with Crippen LogP contribution in [0.3, 0.4) is 0 Å². The minimum atomic E-state index is -4.40. The van der Waals surface area contributed by atoms with Crippen LogP contribution in [0.2, 0.25) is 0 Å². The van der Waals surface area contributed by atoms with Crippen molar-refractivity contribution in [3.63, 3.8) is 0 Å². The first-order valence-electron chi connectivity index (χ1n) is 8.42. The summed E-state index contributed by atoms with van der Waals surface area (Å²) < 4.78 is 64.2. The number of hydrogen-bond acceptors (Lipinski definition) is 4. The molecule has 0 spiro atoms. The molecule has 1 heterocycles. The minimum absolute atomic E-state index is 0.0565. The van der Waals surface area contributed by atoms with Crippen LogP contribution in [0.25, 0.3) is 0 Å². The Morgan fingerprint density at radius 3 is 2.11 bits per heavy atom. The Hall–Kier alpha value is -1.71. The van der Waals surface area contributed by atoms with Gasteiger partial charge in [-0.2, -0.15) is 13.2 Å². The Bertz CT molecular complexity index is 861. The predicted molar refractivity (Wildman–Crippen MR) is 100 cm³/mol.